The summed E-state index contributed by atoms with van der Waals surface area (Å²) < 4.78 is 0. The highest BCUT2D eigenvalue weighted by Crippen LogP contribution is 1.98. The zero-order valence-electron chi connectivity index (χ0n) is 8.88. The van der Waals surface area contributed by atoms with Crippen molar-refractivity contribution >= 4 is 23.8 Å². The van der Waals surface area contributed by atoms with E-state index < -0.39 is 36.3 Å². The third-order valence-electron chi connectivity index (χ3n) is 1.81. The number of aliphatic carboxylic acids is 3. The minimum Gasteiger partial charge on any atom is -0.481 e. The van der Waals surface area contributed by atoms with E-state index in [1.165, 1.54) is 0 Å². The van der Waals surface area contributed by atoms with E-state index in [0.29, 0.717) is 0 Å². The van der Waals surface area contributed by atoms with Crippen LogP contribution in [0.4, 0.5) is 0 Å². The number of amides is 1. The van der Waals surface area contributed by atoms with Crippen molar-refractivity contribution in [3.05, 3.63) is 0 Å². The molecule has 0 aromatic carbocycles. The van der Waals surface area contributed by atoms with E-state index in [1.807, 2.05) is 5.32 Å². The van der Waals surface area contributed by atoms with Crippen molar-refractivity contribution in [1.29, 1.82) is 0 Å². The van der Waals surface area contributed by atoms with Gasteiger partial charge in [0.25, 0.3) is 0 Å². The largest absolute Gasteiger partial charge is 0.481 e. The highest BCUT2D eigenvalue weighted by atomic mass is 16.4. The van der Waals surface area contributed by atoms with Crippen LogP contribution in [0.1, 0.15) is 25.7 Å². The van der Waals surface area contributed by atoms with Gasteiger partial charge in [-0.1, -0.05) is 0 Å². The molecule has 0 aliphatic heterocycles. The SMILES string of the molecule is O=C(O)CCCC(=O)NC(CC(=O)O)C(=O)O. The van der Waals surface area contributed by atoms with Crippen molar-refractivity contribution in [2.24, 2.45) is 0 Å². The van der Waals surface area contributed by atoms with E-state index in [2.05, 4.69) is 0 Å². The van der Waals surface area contributed by atoms with Crippen molar-refractivity contribution in [3.63, 3.8) is 0 Å². The van der Waals surface area contributed by atoms with Crippen molar-refractivity contribution in [2.75, 3.05) is 0 Å². The minimum atomic E-state index is -1.50. The summed E-state index contributed by atoms with van der Waals surface area (Å²) in [6.07, 6.45) is -1.01. The standard InChI is InChI=1S/C9H13NO7/c11-6(2-1-3-7(12)13)10-5(9(16)17)4-8(14)15/h5H,1-4H2,(H,10,11)(H,12,13)(H,14,15)(H,16,17). The predicted octanol–water partition coefficient (Wildman–Crippen LogP) is -0.715. The molecular formula is C9H13NO7. The monoisotopic (exact) mass is 247 g/mol. The van der Waals surface area contributed by atoms with Gasteiger partial charge in [0.1, 0.15) is 6.04 Å². The normalized spacial score (nSPS) is 11.5. The number of carboxylic acids is 3. The van der Waals surface area contributed by atoms with E-state index in [0.717, 1.165) is 0 Å². The molecule has 0 aliphatic carbocycles. The van der Waals surface area contributed by atoms with E-state index in [1.54, 1.807) is 0 Å². The Kier molecular flexibility index (Phi) is 6.30. The molecule has 0 spiro atoms. The fourth-order valence-electron chi connectivity index (χ4n) is 1.04. The highest BCUT2D eigenvalue weighted by Gasteiger charge is 2.22. The Bertz CT molecular complexity index is 325. The Hall–Kier alpha value is -2.12. The Labute approximate surface area is 96.2 Å². The first-order valence-electron chi connectivity index (χ1n) is 4.78. The van der Waals surface area contributed by atoms with Crippen molar-refractivity contribution < 1.29 is 34.5 Å². The second-order valence-electron chi connectivity index (χ2n) is 3.30. The molecule has 8 heteroatoms. The molecule has 1 atom stereocenters. The molecule has 1 amide bonds. The zero-order valence-corrected chi connectivity index (χ0v) is 8.88. The number of carboxylic acid groups (broad SMARTS) is 3. The van der Waals surface area contributed by atoms with Gasteiger partial charge in [0.2, 0.25) is 5.91 Å². The Morgan fingerprint density at radius 3 is 1.94 bits per heavy atom. The molecule has 4 N–H and O–H groups in total. The summed E-state index contributed by atoms with van der Waals surface area (Å²) in [4.78, 5) is 42.2. The maximum Gasteiger partial charge on any atom is 0.326 e. The lowest BCUT2D eigenvalue weighted by molar-refractivity contribution is -0.147. The summed E-state index contributed by atoms with van der Waals surface area (Å²) in [5, 5.41) is 27.3. The molecular weight excluding hydrogens is 234 g/mol. The number of hydrogen-bond acceptors (Lipinski definition) is 4. The maximum atomic E-state index is 11.2. The molecule has 17 heavy (non-hydrogen) atoms. The summed E-state index contributed by atoms with van der Waals surface area (Å²) in [6.45, 7) is 0. The average Bonchev–Trinajstić information content (AvgIpc) is 2.15. The van der Waals surface area contributed by atoms with Crippen LogP contribution in [0.3, 0.4) is 0 Å². The molecule has 0 bridgehead atoms. The van der Waals surface area contributed by atoms with Crippen LogP contribution in [0.25, 0.3) is 0 Å². The summed E-state index contributed by atoms with van der Waals surface area (Å²) in [5.41, 5.74) is 0. The summed E-state index contributed by atoms with van der Waals surface area (Å²) in [5.74, 6) is -4.53. The van der Waals surface area contributed by atoms with Crippen molar-refractivity contribution in [1.82, 2.24) is 5.32 Å². The average molecular weight is 247 g/mol. The van der Waals surface area contributed by atoms with Gasteiger partial charge in [0.15, 0.2) is 0 Å². The molecule has 0 saturated heterocycles. The second-order valence-corrected chi connectivity index (χ2v) is 3.30. The van der Waals surface area contributed by atoms with Gasteiger partial charge >= 0.3 is 17.9 Å². The number of carbonyl (C=O) groups excluding carboxylic acids is 1. The van der Waals surface area contributed by atoms with E-state index in [9.17, 15) is 19.2 Å². The molecule has 0 aromatic rings. The van der Waals surface area contributed by atoms with Crippen LogP contribution < -0.4 is 5.32 Å². The van der Waals surface area contributed by atoms with Crippen LogP contribution >= 0.6 is 0 Å². The maximum absolute atomic E-state index is 11.2. The summed E-state index contributed by atoms with van der Waals surface area (Å²) >= 11 is 0. The fraction of sp³-hybridized carbons (Fsp3) is 0.556. The first-order valence-corrected chi connectivity index (χ1v) is 4.78. The highest BCUT2D eigenvalue weighted by molar-refractivity contribution is 5.86. The van der Waals surface area contributed by atoms with Crippen LogP contribution in [0, 0.1) is 0 Å². The van der Waals surface area contributed by atoms with Crippen LogP contribution in [-0.2, 0) is 19.2 Å². The van der Waals surface area contributed by atoms with E-state index in [4.69, 9.17) is 15.3 Å². The lowest BCUT2D eigenvalue weighted by Crippen LogP contribution is -2.42. The van der Waals surface area contributed by atoms with Gasteiger partial charge in [-0.25, -0.2) is 4.79 Å². The number of rotatable bonds is 8. The van der Waals surface area contributed by atoms with Gasteiger partial charge in [-0.2, -0.15) is 0 Å². The quantitative estimate of drug-likeness (QED) is 0.443. The lowest BCUT2D eigenvalue weighted by Gasteiger charge is -2.11. The number of hydrogen-bond donors (Lipinski definition) is 4. The third-order valence-corrected chi connectivity index (χ3v) is 1.81. The van der Waals surface area contributed by atoms with Crippen molar-refractivity contribution in [2.45, 2.75) is 31.7 Å². The lowest BCUT2D eigenvalue weighted by atomic mass is 10.2. The van der Waals surface area contributed by atoms with Crippen LogP contribution in [0.15, 0.2) is 0 Å². The molecule has 0 fully saturated rings. The van der Waals surface area contributed by atoms with E-state index in [-0.39, 0.29) is 19.3 Å². The van der Waals surface area contributed by atoms with E-state index >= 15 is 0 Å². The molecule has 0 saturated carbocycles. The molecule has 0 radical (unpaired) electrons. The van der Waals surface area contributed by atoms with Crippen LogP contribution in [0.5, 0.6) is 0 Å². The van der Waals surface area contributed by atoms with Gasteiger partial charge in [-0.05, 0) is 6.42 Å². The first kappa shape index (κ1) is 14.9. The van der Waals surface area contributed by atoms with Crippen LogP contribution in [0.2, 0.25) is 0 Å². The zero-order chi connectivity index (χ0) is 13.4. The summed E-state index contributed by atoms with van der Waals surface area (Å²) in [7, 11) is 0. The molecule has 8 nitrogen and oxygen atoms in total. The van der Waals surface area contributed by atoms with Gasteiger partial charge in [0.05, 0.1) is 6.42 Å². The minimum absolute atomic E-state index is 0.0700. The third kappa shape index (κ3) is 7.77. The second kappa shape index (κ2) is 7.20. The Morgan fingerprint density at radius 1 is 0.941 bits per heavy atom. The molecule has 0 aliphatic rings. The molecule has 0 rings (SSSR count). The predicted molar refractivity (Wildman–Crippen MR) is 53.3 cm³/mol. The molecule has 0 aromatic heterocycles. The van der Waals surface area contributed by atoms with Gasteiger partial charge < -0.3 is 20.6 Å². The fourth-order valence-corrected chi connectivity index (χ4v) is 1.04. The Balaban J connectivity index is 4.08. The topological polar surface area (TPSA) is 141 Å². The summed E-state index contributed by atoms with van der Waals surface area (Å²) in [6, 6.07) is -1.50. The van der Waals surface area contributed by atoms with Gasteiger partial charge in [0, 0.05) is 12.8 Å². The number of nitrogens with one attached hydrogen (secondary N) is 1. The molecule has 96 valence electrons. The Morgan fingerprint density at radius 2 is 1.53 bits per heavy atom. The molecule has 0 heterocycles. The smallest absolute Gasteiger partial charge is 0.326 e. The van der Waals surface area contributed by atoms with Crippen molar-refractivity contribution in [3.8, 4) is 0 Å². The first-order chi connectivity index (χ1) is 7.82. The number of carbonyl (C=O) groups is 4. The van der Waals surface area contributed by atoms with Gasteiger partial charge in [-0.3, -0.25) is 14.4 Å². The van der Waals surface area contributed by atoms with Crippen LogP contribution in [-0.4, -0.2) is 45.2 Å². The van der Waals surface area contributed by atoms with Gasteiger partial charge in [-0.15, -0.1) is 0 Å². The molecule has 1 unspecified atom stereocenters.